The summed E-state index contributed by atoms with van der Waals surface area (Å²) in [4.78, 5) is 0. The molecular formula is C10H21N. The molecule has 11 heavy (non-hydrogen) atoms. The van der Waals surface area contributed by atoms with Crippen molar-refractivity contribution in [2.75, 3.05) is 0 Å². The molecule has 0 fully saturated rings. The maximum Gasteiger partial charge on any atom is 0.0267 e. The van der Waals surface area contributed by atoms with Gasteiger partial charge in [-0.3, -0.25) is 0 Å². The molecule has 1 nitrogen and oxygen atoms in total. The summed E-state index contributed by atoms with van der Waals surface area (Å²) in [5.41, 5.74) is 6.18. The Labute approximate surface area is 71.3 Å². The van der Waals surface area contributed by atoms with Crippen LogP contribution in [0.4, 0.5) is 0 Å². The Morgan fingerprint density at radius 1 is 1.18 bits per heavy atom. The van der Waals surface area contributed by atoms with Crippen molar-refractivity contribution in [3.63, 3.8) is 0 Å². The van der Waals surface area contributed by atoms with Crippen LogP contribution in [0.25, 0.3) is 0 Å². The van der Waals surface area contributed by atoms with Crippen molar-refractivity contribution in [3.05, 3.63) is 37.1 Å². The van der Waals surface area contributed by atoms with Gasteiger partial charge in [0.2, 0.25) is 0 Å². The van der Waals surface area contributed by atoms with Crippen molar-refractivity contribution in [3.8, 4) is 0 Å². The average Bonchev–Trinajstić information content (AvgIpc) is 2.12. The van der Waals surface area contributed by atoms with Gasteiger partial charge in [-0.1, -0.05) is 26.0 Å². The van der Waals surface area contributed by atoms with E-state index in [0.717, 1.165) is 5.70 Å². The summed E-state index contributed by atoms with van der Waals surface area (Å²) >= 11 is 0. The summed E-state index contributed by atoms with van der Waals surface area (Å²) in [7, 11) is 0. The van der Waals surface area contributed by atoms with E-state index in [2.05, 4.69) is 13.2 Å². The molecule has 0 saturated carbocycles. The lowest BCUT2D eigenvalue weighted by atomic mass is 10.4. The van der Waals surface area contributed by atoms with Crippen molar-refractivity contribution in [2.45, 2.75) is 27.7 Å². The molecule has 0 atom stereocenters. The zero-order valence-corrected chi connectivity index (χ0v) is 8.22. The minimum atomic E-state index is 0.822. The molecule has 0 saturated heterocycles. The Hall–Kier alpha value is -0.980. The smallest absolute Gasteiger partial charge is 0.0267 e. The van der Waals surface area contributed by atoms with Gasteiger partial charge in [0.05, 0.1) is 0 Å². The van der Waals surface area contributed by atoms with Gasteiger partial charge < -0.3 is 5.73 Å². The van der Waals surface area contributed by atoms with Crippen LogP contribution >= 0.6 is 0 Å². The molecule has 0 spiro atoms. The highest BCUT2D eigenvalue weighted by atomic mass is 14.5. The minimum Gasteiger partial charge on any atom is -0.399 e. The van der Waals surface area contributed by atoms with E-state index >= 15 is 0 Å². The quantitative estimate of drug-likeness (QED) is 0.456. The molecule has 0 aromatic heterocycles. The Morgan fingerprint density at radius 3 is 1.64 bits per heavy atom. The molecule has 0 aromatic carbocycles. The van der Waals surface area contributed by atoms with Crippen LogP contribution < -0.4 is 5.73 Å². The van der Waals surface area contributed by atoms with E-state index in [0.29, 0.717) is 0 Å². The van der Waals surface area contributed by atoms with E-state index < -0.39 is 0 Å². The maximum atomic E-state index is 5.36. The van der Waals surface area contributed by atoms with Crippen molar-refractivity contribution in [1.29, 1.82) is 0 Å². The third-order valence-corrected chi connectivity index (χ3v) is 0.692. The van der Waals surface area contributed by atoms with E-state index in [1.807, 2.05) is 45.9 Å². The molecule has 0 aliphatic carbocycles. The van der Waals surface area contributed by atoms with Crippen LogP contribution in [0.3, 0.4) is 0 Å². The third kappa shape index (κ3) is 27.5. The van der Waals surface area contributed by atoms with Gasteiger partial charge in [-0.15, -0.1) is 13.2 Å². The van der Waals surface area contributed by atoms with Gasteiger partial charge in [-0.05, 0) is 19.9 Å². The van der Waals surface area contributed by atoms with Gasteiger partial charge in [-0.25, -0.2) is 0 Å². The van der Waals surface area contributed by atoms with Crippen LogP contribution in [-0.4, -0.2) is 0 Å². The molecule has 0 aliphatic heterocycles. The molecule has 0 aromatic rings. The molecule has 1 heteroatoms. The van der Waals surface area contributed by atoms with Crippen molar-refractivity contribution < 1.29 is 0 Å². The Balaban J connectivity index is -0.000000138. The number of allylic oxidation sites excluding steroid dienone is 3. The lowest BCUT2D eigenvalue weighted by molar-refractivity contribution is 1.39. The Bertz CT molecular complexity index is 101. The third-order valence-electron chi connectivity index (χ3n) is 0.692. The van der Waals surface area contributed by atoms with E-state index in [1.54, 1.807) is 0 Å². The second kappa shape index (κ2) is 23.0. The fraction of sp³-hybridized carbons (Fsp3) is 0.400. The normalized spacial score (nSPS) is 9.27. The topological polar surface area (TPSA) is 26.0 Å². The lowest BCUT2D eigenvalue weighted by Crippen LogP contribution is -1.89. The Kier molecular flexibility index (Phi) is 34.6. The summed E-state index contributed by atoms with van der Waals surface area (Å²) in [5, 5.41) is 0. The largest absolute Gasteiger partial charge is 0.399 e. The summed E-state index contributed by atoms with van der Waals surface area (Å²) in [6.45, 7) is 13.9. The maximum absolute atomic E-state index is 5.36. The second-order valence-corrected chi connectivity index (χ2v) is 1.29. The molecule has 66 valence electrons. The molecule has 0 bridgehead atoms. The minimum absolute atomic E-state index is 0.822. The zero-order valence-electron chi connectivity index (χ0n) is 8.22. The first-order chi connectivity index (χ1) is 5.31. The highest BCUT2D eigenvalue weighted by molar-refractivity contribution is 5.12. The number of nitrogens with two attached hydrogens (primary N) is 1. The van der Waals surface area contributed by atoms with E-state index in [1.165, 1.54) is 0 Å². The van der Waals surface area contributed by atoms with Crippen LogP contribution in [0.2, 0.25) is 0 Å². The predicted octanol–water partition coefficient (Wildman–Crippen LogP) is 3.25. The van der Waals surface area contributed by atoms with Crippen molar-refractivity contribution in [1.82, 2.24) is 0 Å². The van der Waals surface area contributed by atoms with Crippen LogP contribution in [0.15, 0.2) is 37.1 Å². The number of rotatable bonds is 1. The number of hydrogen-bond donors (Lipinski definition) is 1. The molecule has 2 N–H and O–H groups in total. The standard InChI is InChI=1S/C6H11N.C2H6.C2H4/c1-3-5-6(7)4-2;2*1-2/h3-5H,7H2,1-2H3;1-2H3;1-2H2/b5-3-,6-4+;;. The van der Waals surface area contributed by atoms with E-state index in [9.17, 15) is 0 Å². The predicted molar refractivity (Wildman–Crippen MR) is 55.4 cm³/mol. The zero-order chi connectivity index (χ0) is 9.70. The molecule has 0 heterocycles. The summed E-state index contributed by atoms with van der Waals surface area (Å²) in [5.74, 6) is 0. The van der Waals surface area contributed by atoms with E-state index in [-0.39, 0.29) is 0 Å². The van der Waals surface area contributed by atoms with Crippen LogP contribution in [0, 0.1) is 0 Å². The fourth-order valence-electron chi connectivity index (χ4n) is 0.289. The van der Waals surface area contributed by atoms with Crippen molar-refractivity contribution in [2.24, 2.45) is 5.73 Å². The summed E-state index contributed by atoms with van der Waals surface area (Å²) < 4.78 is 0. The molecular weight excluding hydrogens is 134 g/mol. The van der Waals surface area contributed by atoms with Gasteiger partial charge in [0.15, 0.2) is 0 Å². The average molecular weight is 155 g/mol. The van der Waals surface area contributed by atoms with E-state index in [4.69, 9.17) is 5.73 Å². The monoisotopic (exact) mass is 155 g/mol. The van der Waals surface area contributed by atoms with Gasteiger partial charge >= 0.3 is 0 Å². The highest BCUT2D eigenvalue weighted by Crippen LogP contribution is 1.82. The molecule has 0 aliphatic rings. The fourth-order valence-corrected chi connectivity index (χ4v) is 0.289. The van der Waals surface area contributed by atoms with Crippen LogP contribution in [0.1, 0.15) is 27.7 Å². The lowest BCUT2D eigenvalue weighted by Gasteiger charge is -1.83. The van der Waals surface area contributed by atoms with Gasteiger partial charge in [0.1, 0.15) is 0 Å². The highest BCUT2D eigenvalue weighted by Gasteiger charge is 1.69. The molecule has 0 radical (unpaired) electrons. The second-order valence-electron chi connectivity index (χ2n) is 1.29. The molecule has 0 unspecified atom stereocenters. The molecule has 0 rings (SSSR count). The van der Waals surface area contributed by atoms with Gasteiger partial charge in [0.25, 0.3) is 0 Å². The first kappa shape index (κ1) is 16.5. The summed E-state index contributed by atoms with van der Waals surface area (Å²) in [6.07, 6.45) is 5.63. The molecule has 0 amide bonds. The number of hydrogen-bond acceptors (Lipinski definition) is 1. The van der Waals surface area contributed by atoms with Gasteiger partial charge in [-0.2, -0.15) is 0 Å². The van der Waals surface area contributed by atoms with Crippen LogP contribution in [-0.2, 0) is 0 Å². The first-order valence-corrected chi connectivity index (χ1v) is 3.85. The first-order valence-electron chi connectivity index (χ1n) is 3.85. The Morgan fingerprint density at radius 2 is 1.55 bits per heavy atom. The summed E-state index contributed by atoms with van der Waals surface area (Å²) in [6, 6.07) is 0. The van der Waals surface area contributed by atoms with Crippen LogP contribution in [0.5, 0.6) is 0 Å². The SMILES string of the molecule is C/C=C\C(N)=C/C.C=C.CC. The van der Waals surface area contributed by atoms with Gasteiger partial charge in [0, 0.05) is 5.70 Å². The van der Waals surface area contributed by atoms with Crippen molar-refractivity contribution >= 4 is 0 Å².